The molecular formula is C18H22N6O. The van der Waals surface area contributed by atoms with Crippen LogP contribution in [0.5, 0.6) is 0 Å². The Morgan fingerprint density at radius 2 is 2.28 bits per heavy atom. The van der Waals surface area contributed by atoms with E-state index in [0.29, 0.717) is 13.0 Å². The van der Waals surface area contributed by atoms with Crippen molar-refractivity contribution in [2.75, 3.05) is 0 Å². The van der Waals surface area contributed by atoms with Crippen molar-refractivity contribution >= 4 is 11.6 Å². The zero-order chi connectivity index (χ0) is 17.2. The lowest BCUT2D eigenvalue weighted by Gasteiger charge is -2.32. The van der Waals surface area contributed by atoms with E-state index in [2.05, 4.69) is 32.0 Å². The van der Waals surface area contributed by atoms with Gasteiger partial charge in [0.05, 0.1) is 24.1 Å². The molecule has 1 aliphatic heterocycles. The largest absolute Gasteiger partial charge is 0.348 e. The predicted molar refractivity (Wildman–Crippen MR) is 93.8 cm³/mol. The molecule has 2 atom stereocenters. The molecule has 2 N–H and O–H groups in total. The van der Waals surface area contributed by atoms with Gasteiger partial charge in [-0.2, -0.15) is 5.10 Å². The van der Waals surface area contributed by atoms with Crippen LogP contribution in [0.2, 0.25) is 0 Å². The minimum atomic E-state index is -0.0549. The number of rotatable bonds is 5. The Morgan fingerprint density at radius 1 is 1.36 bits per heavy atom. The molecule has 7 nitrogen and oxygen atoms in total. The molecule has 4 rings (SSSR count). The summed E-state index contributed by atoms with van der Waals surface area (Å²) in [5, 5.41) is 11.1. The van der Waals surface area contributed by atoms with Crippen LogP contribution in [0.4, 0.5) is 0 Å². The molecular weight excluding hydrogens is 316 g/mol. The fourth-order valence-electron chi connectivity index (χ4n) is 3.40. The summed E-state index contributed by atoms with van der Waals surface area (Å²) >= 11 is 0. The third-order valence-corrected chi connectivity index (χ3v) is 4.78. The first-order chi connectivity index (χ1) is 12.2. The maximum absolute atomic E-state index is 11.9. The molecule has 0 saturated carbocycles. The Bertz CT molecular complexity index is 882. The lowest BCUT2D eigenvalue weighted by molar-refractivity contribution is -0.123. The van der Waals surface area contributed by atoms with E-state index in [-0.39, 0.29) is 18.0 Å². The van der Waals surface area contributed by atoms with E-state index in [1.807, 2.05) is 47.7 Å². The van der Waals surface area contributed by atoms with Gasteiger partial charge in [-0.3, -0.25) is 9.48 Å². The molecule has 1 saturated heterocycles. The molecule has 1 fully saturated rings. The van der Waals surface area contributed by atoms with Crippen LogP contribution in [0.1, 0.15) is 37.1 Å². The van der Waals surface area contributed by atoms with Crippen molar-refractivity contribution in [3.8, 4) is 0 Å². The Hall–Kier alpha value is -2.67. The molecule has 0 aromatic carbocycles. The second-order valence-electron chi connectivity index (χ2n) is 6.38. The molecule has 130 valence electrons. The number of carbonyl (C=O) groups excluding carboxylic acids is 1. The zero-order valence-electron chi connectivity index (χ0n) is 14.2. The lowest BCUT2D eigenvalue weighted by atomic mass is 9.93. The van der Waals surface area contributed by atoms with Gasteiger partial charge in [0.1, 0.15) is 5.65 Å². The van der Waals surface area contributed by atoms with Crippen molar-refractivity contribution < 1.29 is 4.79 Å². The average molecular weight is 338 g/mol. The van der Waals surface area contributed by atoms with Gasteiger partial charge in [-0.15, -0.1) is 0 Å². The normalized spacial score (nSPS) is 20.8. The van der Waals surface area contributed by atoms with E-state index >= 15 is 0 Å². The van der Waals surface area contributed by atoms with Crippen LogP contribution in [-0.2, 0) is 17.9 Å². The fourth-order valence-corrected chi connectivity index (χ4v) is 3.40. The quantitative estimate of drug-likeness (QED) is 0.742. The summed E-state index contributed by atoms with van der Waals surface area (Å²) in [6, 6.07) is 6.09. The van der Waals surface area contributed by atoms with Gasteiger partial charge in [0.15, 0.2) is 0 Å². The van der Waals surface area contributed by atoms with E-state index < -0.39 is 0 Å². The van der Waals surface area contributed by atoms with Gasteiger partial charge in [-0.1, -0.05) is 6.07 Å². The lowest BCUT2D eigenvalue weighted by Crippen LogP contribution is -2.48. The molecule has 3 aromatic heterocycles. The number of aromatic nitrogens is 4. The first kappa shape index (κ1) is 15.8. The smallest absolute Gasteiger partial charge is 0.220 e. The number of pyridine rings is 1. The molecule has 0 aliphatic carbocycles. The number of nitrogens with one attached hydrogen (secondary N) is 2. The Labute approximate surface area is 146 Å². The van der Waals surface area contributed by atoms with Gasteiger partial charge in [-0.05, 0) is 25.5 Å². The highest BCUT2D eigenvalue weighted by Crippen LogP contribution is 2.24. The van der Waals surface area contributed by atoms with Crippen LogP contribution >= 0.6 is 0 Å². The van der Waals surface area contributed by atoms with Crippen molar-refractivity contribution in [1.29, 1.82) is 0 Å². The molecule has 0 radical (unpaired) electrons. The van der Waals surface area contributed by atoms with Crippen LogP contribution in [-0.4, -0.2) is 31.1 Å². The number of aryl methyl sites for hydroxylation is 1. The van der Waals surface area contributed by atoms with Crippen molar-refractivity contribution in [3.63, 3.8) is 0 Å². The van der Waals surface area contributed by atoms with E-state index in [0.717, 1.165) is 29.9 Å². The summed E-state index contributed by atoms with van der Waals surface area (Å²) in [6.45, 7) is 3.57. The van der Waals surface area contributed by atoms with Crippen LogP contribution in [0.15, 0.2) is 43.0 Å². The van der Waals surface area contributed by atoms with Crippen molar-refractivity contribution in [1.82, 2.24) is 29.8 Å². The van der Waals surface area contributed by atoms with E-state index in [4.69, 9.17) is 0 Å². The third-order valence-electron chi connectivity index (χ3n) is 4.78. The number of carbonyl (C=O) groups is 1. The third kappa shape index (κ3) is 3.15. The van der Waals surface area contributed by atoms with Gasteiger partial charge in [0, 0.05) is 43.5 Å². The Balaban J connectivity index is 1.51. The number of hydrogen-bond donors (Lipinski definition) is 2. The summed E-state index contributed by atoms with van der Waals surface area (Å²) in [6.07, 6.45) is 9.13. The maximum atomic E-state index is 11.9. The molecule has 3 aromatic rings. The van der Waals surface area contributed by atoms with Gasteiger partial charge in [-0.25, -0.2) is 4.98 Å². The predicted octanol–water partition coefficient (Wildman–Crippen LogP) is 1.66. The molecule has 1 aliphatic rings. The monoisotopic (exact) mass is 338 g/mol. The van der Waals surface area contributed by atoms with Gasteiger partial charge in [0.25, 0.3) is 0 Å². The first-order valence-corrected chi connectivity index (χ1v) is 8.70. The number of hydrogen-bond acceptors (Lipinski definition) is 4. The fraction of sp³-hybridized carbons (Fsp3) is 0.389. The average Bonchev–Trinajstić information content (AvgIpc) is 3.27. The van der Waals surface area contributed by atoms with Gasteiger partial charge in [0.2, 0.25) is 5.91 Å². The van der Waals surface area contributed by atoms with Crippen LogP contribution < -0.4 is 10.6 Å². The summed E-state index contributed by atoms with van der Waals surface area (Å²) in [5.41, 5.74) is 3.10. The summed E-state index contributed by atoms with van der Waals surface area (Å²) in [5.74, 6) is 0.0992. The number of amides is 1. The molecule has 0 bridgehead atoms. The highest BCUT2D eigenvalue weighted by molar-refractivity contribution is 5.77. The maximum Gasteiger partial charge on any atom is 0.220 e. The summed E-state index contributed by atoms with van der Waals surface area (Å²) in [4.78, 5) is 16.3. The van der Waals surface area contributed by atoms with Gasteiger partial charge >= 0.3 is 0 Å². The van der Waals surface area contributed by atoms with Crippen molar-refractivity contribution in [2.45, 2.75) is 44.9 Å². The summed E-state index contributed by atoms with van der Waals surface area (Å²) < 4.78 is 3.97. The molecule has 0 spiro atoms. The van der Waals surface area contributed by atoms with Crippen molar-refractivity contribution in [2.24, 2.45) is 0 Å². The van der Waals surface area contributed by atoms with E-state index in [9.17, 15) is 4.79 Å². The van der Waals surface area contributed by atoms with Crippen LogP contribution in [0, 0.1) is 0 Å². The molecule has 4 heterocycles. The highest BCUT2D eigenvalue weighted by atomic mass is 16.1. The van der Waals surface area contributed by atoms with Crippen LogP contribution in [0.25, 0.3) is 5.65 Å². The SMILES string of the molecule is CCn1cc([C@@H]2NC(=O)CC[C@H]2NCc2cnc3ccccn23)cn1. The van der Waals surface area contributed by atoms with E-state index in [1.165, 1.54) is 0 Å². The number of nitrogens with zero attached hydrogens (tertiary/aromatic N) is 4. The highest BCUT2D eigenvalue weighted by Gasteiger charge is 2.30. The summed E-state index contributed by atoms with van der Waals surface area (Å²) in [7, 11) is 0. The topological polar surface area (TPSA) is 76.2 Å². The Morgan fingerprint density at radius 3 is 3.12 bits per heavy atom. The molecule has 1 amide bonds. The molecule has 7 heteroatoms. The van der Waals surface area contributed by atoms with Gasteiger partial charge < -0.3 is 15.0 Å². The zero-order valence-corrected chi connectivity index (χ0v) is 14.2. The Kier molecular flexibility index (Phi) is 4.23. The molecule has 0 unspecified atom stereocenters. The van der Waals surface area contributed by atoms with Crippen LogP contribution in [0.3, 0.4) is 0 Å². The standard InChI is InChI=1S/C18H22N6O/c1-2-23-12-13(9-21-23)18-15(6-7-17(25)22-18)19-10-14-11-20-16-5-3-4-8-24(14)16/h3-5,8-9,11-12,15,18-19H,2,6-7,10H2,1H3,(H,22,25)/t15-,18+/m1/s1. The second-order valence-corrected chi connectivity index (χ2v) is 6.38. The number of imidazole rings is 1. The first-order valence-electron chi connectivity index (χ1n) is 8.70. The van der Waals surface area contributed by atoms with Crippen molar-refractivity contribution in [3.05, 3.63) is 54.2 Å². The molecule has 25 heavy (non-hydrogen) atoms. The number of fused-ring (bicyclic) bond motifs is 1. The minimum Gasteiger partial charge on any atom is -0.348 e. The minimum absolute atomic E-state index is 0.0549. The second kappa shape index (κ2) is 6.68. The number of piperidine rings is 1. The van der Waals surface area contributed by atoms with E-state index in [1.54, 1.807) is 0 Å².